The number of amides is 1. The maximum absolute atomic E-state index is 11.9. The standard InChI is InChI=1S/C10H15NO3/c1-10(9(13)14)6-3-4-7(5-6)11(2)8(10)12/h6-7H,3-5H2,1-2H3,(H,13,14). The van der Waals surface area contributed by atoms with Crippen LogP contribution in [0.3, 0.4) is 0 Å². The van der Waals surface area contributed by atoms with Gasteiger partial charge in [-0.2, -0.15) is 0 Å². The Morgan fingerprint density at radius 1 is 1.57 bits per heavy atom. The highest BCUT2D eigenvalue weighted by Crippen LogP contribution is 2.47. The number of likely N-dealkylation sites (tertiary alicyclic amines) is 1. The van der Waals surface area contributed by atoms with Crippen LogP contribution in [0.1, 0.15) is 26.2 Å². The van der Waals surface area contributed by atoms with Gasteiger partial charge in [0.2, 0.25) is 5.91 Å². The number of carbonyl (C=O) groups is 2. The van der Waals surface area contributed by atoms with Crippen molar-refractivity contribution in [2.24, 2.45) is 11.3 Å². The van der Waals surface area contributed by atoms with E-state index in [0.29, 0.717) is 0 Å². The first-order valence-corrected chi connectivity index (χ1v) is 4.98. The van der Waals surface area contributed by atoms with Gasteiger partial charge in [-0.3, -0.25) is 9.59 Å². The summed E-state index contributed by atoms with van der Waals surface area (Å²) in [6, 6.07) is 0.278. The van der Waals surface area contributed by atoms with Gasteiger partial charge in [0.05, 0.1) is 0 Å². The third kappa shape index (κ3) is 0.938. The molecule has 1 aliphatic carbocycles. The Bertz CT molecular complexity index is 302. The van der Waals surface area contributed by atoms with Gasteiger partial charge in [0, 0.05) is 13.1 Å². The van der Waals surface area contributed by atoms with Crippen molar-refractivity contribution in [2.75, 3.05) is 7.05 Å². The molecule has 4 nitrogen and oxygen atoms in total. The van der Waals surface area contributed by atoms with Crippen LogP contribution in [0, 0.1) is 11.3 Å². The van der Waals surface area contributed by atoms with E-state index >= 15 is 0 Å². The Morgan fingerprint density at radius 2 is 2.21 bits per heavy atom. The van der Waals surface area contributed by atoms with Gasteiger partial charge in [-0.05, 0) is 32.1 Å². The van der Waals surface area contributed by atoms with E-state index in [1.165, 1.54) is 0 Å². The minimum absolute atomic E-state index is 0.0358. The zero-order valence-corrected chi connectivity index (χ0v) is 8.49. The zero-order chi connectivity index (χ0) is 10.5. The second-order valence-electron chi connectivity index (χ2n) is 4.59. The maximum Gasteiger partial charge on any atom is 0.319 e. The zero-order valence-electron chi connectivity index (χ0n) is 8.49. The van der Waals surface area contributed by atoms with Crippen LogP contribution >= 0.6 is 0 Å². The molecule has 2 bridgehead atoms. The molecule has 4 heteroatoms. The Balaban J connectivity index is 2.41. The number of piperidine rings is 1. The fourth-order valence-corrected chi connectivity index (χ4v) is 2.81. The number of rotatable bonds is 1. The quantitative estimate of drug-likeness (QED) is 0.630. The highest BCUT2D eigenvalue weighted by atomic mass is 16.4. The first-order chi connectivity index (χ1) is 6.48. The summed E-state index contributed by atoms with van der Waals surface area (Å²) in [5, 5.41) is 9.16. The van der Waals surface area contributed by atoms with Crippen LogP contribution in [0.5, 0.6) is 0 Å². The van der Waals surface area contributed by atoms with Crippen molar-refractivity contribution in [1.29, 1.82) is 0 Å². The average Bonchev–Trinajstić information content (AvgIpc) is 2.59. The van der Waals surface area contributed by atoms with Crippen LogP contribution in [0.25, 0.3) is 0 Å². The minimum atomic E-state index is -1.18. The van der Waals surface area contributed by atoms with E-state index in [4.69, 9.17) is 5.11 Å². The summed E-state index contributed by atoms with van der Waals surface area (Å²) >= 11 is 0. The second kappa shape index (κ2) is 2.72. The largest absolute Gasteiger partial charge is 0.480 e. The highest BCUT2D eigenvalue weighted by molar-refractivity contribution is 6.02. The number of carbonyl (C=O) groups excluding carboxylic acids is 1. The lowest BCUT2D eigenvalue weighted by Gasteiger charge is -2.40. The lowest BCUT2D eigenvalue weighted by molar-refractivity contribution is -0.166. The maximum atomic E-state index is 11.9. The van der Waals surface area contributed by atoms with Crippen LogP contribution < -0.4 is 0 Å². The molecule has 2 rings (SSSR count). The van der Waals surface area contributed by atoms with Crippen molar-refractivity contribution >= 4 is 11.9 Å². The van der Waals surface area contributed by atoms with E-state index in [1.54, 1.807) is 18.9 Å². The third-order valence-corrected chi connectivity index (χ3v) is 3.98. The normalized spacial score (nSPS) is 41.6. The van der Waals surface area contributed by atoms with Gasteiger partial charge in [0.25, 0.3) is 0 Å². The molecule has 1 saturated carbocycles. The average molecular weight is 197 g/mol. The Hall–Kier alpha value is -1.06. The fraction of sp³-hybridized carbons (Fsp3) is 0.800. The van der Waals surface area contributed by atoms with Crippen molar-refractivity contribution in [1.82, 2.24) is 4.90 Å². The Labute approximate surface area is 82.9 Å². The molecule has 0 spiro atoms. The van der Waals surface area contributed by atoms with Crippen LogP contribution in [0.2, 0.25) is 0 Å². The van der Waals surface area contributed by atoms with Crippen LogP contribution in [0.4, 0.5) is 0 Å². The molecule has 3 atom stereocenters. The first kappa shape index (κ1) is 9.49. The number of carboxylic acid groups (broad SMARTS) is 1. The summed E-state index contributed by atoms with van der Waals surface area (Å²) < 4.78 is 0. The topological polar surface area (TPSA) is 57.6 Å². The van der Waals surface area contributed by atoms with Gasteiger partial charge in [0.15, 0.2) is 0 Å². The van der Waals surface area contributed by atoms with E-state index in [0.717, 1.165) is 19.3 Å². The van der Waals surface area contributed by atoms with Crippen molar-refractivity contribution in [3.05, 3.63) is 0 Å². The lowest BCUT2D eigenvalue weighted by Crippen LogP contribution is -2.55. The Kier molecular flexibility index (Phi) is 1.84. The molecule has 2 aliphatic rings. The molecule has 78 valence electrons. The molecule has 0 aromatic carbocycles. The van der Waals surface area contributed by atoms with E-state index in [1.807, 2.05) is 0 Å². The molecule has 14 heavy (non-hydrogen) atoms. The molecule has 1 N–H and O–H groups in total. The summed E-state index contributed by atoms with van der Waals surface area (Å²) in [5.74, 6) is -1.16. The predicted molar refractivity (Wildman–Crippen MR) is 49.6 cm³/mol. The van der Waals surface area contributed by atoms with Gasteiger partial charge >= 0.3 is 5.97 Å². The summed E-state index contributed by atoms with van der Waals surface area (Å²) in [5.41, 5.74) is -1.18. The molecular weight excluding hydrogens is 182 g/mol. The number of hydrogen-bond acceptors (Lipinski definition) is 2. The lowest BCUT2D eigenvalue weighted by atomic mass is 9.73. The van der Waals surface area contributed by atoms with Crippen molar-refractivity contribution in [3.8, 4) is 0 Å². The smallest absolute Gasteiger partial charge is 0.319 e. The number of nitrogens with zero attached hydrogens (tertiary/aromatic N) is 1. The highest BCUT2D eigenvalue weighted by Gasteiger charge is 2.57. The molecule has 2 fully saturated rings. The van der Waals surface area contributed by atoms with Crippen molar-refractivity contribution < 1.29 is 14.7 Å². The number of carboxylic acids is 1. The van der Waals surface area contributed by atoms with Gasteiger partial charge < -0.3 is 10.0 Å². The SMILES string of the molecule is CN1C(=O)C(C)(C(=O)O)C2CCC1C2. The first-order valence-electron chi connectivity index (χ1n) is 4.98. The van der Waals surface area contributed by atoms with Gasteiger partial charge in [-0.25, -0.2) is 0 Å². The summed E-state index contributed by atoms with van der Waals surface area (Å²) in [7, 11) is 1.72. The number of aliphatic carboxylic acids is 1. The van der Waals surface area contributed by atoms with Crippen LogP contribution in [-0.2, 0) is 9.59 Å². The summed E-state index contributed by atoms with van der Waals surface area (Å²) in [6.45, 7) is 1.57. The van der Waals surface area contributed by atoms with E-state index in [9.17, 15) is 9.59 Å². The van der Waals surface area contributed by atoms with E-state index < -0.39 is 11.4 Å². The molecule has 1 amide bonds. The molecular formula is C10H15NO3. The van der Waals surface area contributed by atoms with Crippen LogP contribution in [-0.4, -0.2) is 35.0 Å². The minimum Gasteiger partial charge on any atom is -0.480 e. The van der Waals surface area contributed by atoms with Gasteiger partial charge in [0.1, 0.15) is 5.41 Å². The van der Waals surface area contributed by atoms with Crippen molar-refractivity contribution in [3.63, 3.8) is 0 Å². The molecule has 1 saturated heterocycles. The third-order valence-electron chi connectivity index (χ3n) is 3.98. The molecule has 1 aliphatic heterocycles. The molecule has 3 unspecified atom stereocenters. The number of fused-ring (bicyclic) bond motifs is 2. The Morgan fingerprint density at radius 3 is 2.79 bits per heavy atom. The summed E-state index contributed by atoms with van der Waals surface area (Å²) in [6.07, 6.45) is 2.67. The van der Waals surface area contributed by atoms with Gasteiger partial charge in [-0.15, -0.1) is 0 Å². The number of hydrogen-bond donors (Lipinski definition) is 1. The second-order valence-corrected chi connectivity index (χ2v) is 4.59. The van der Waals surface area contributed by atoms with Gasteiger partial charge in [-0.1, -0.05) is 0 Å². The molecule has 0 aromatic heterocycles. The predicted octanol–water partition coefficient (Wildman–Crippen LogP) is 0.718. The fourth-order valence-electron chi connectivity index (χ4n) is 2.81. The monoisotopic (exact) mass is 197 g/mol. The van der Waals surface area contributed by atoms with Crippen molar-refractivity contribution in [2.45, 2.75) is 32.2 Å². The van der Waals surface area contributed by atoms with E-state index in [2.05, 4.69) is 0 Å². The van der Waals surface area contributed by atoms with Crippen LogP contribution in [0.15, 0.2) is 0 Å². The van der Waals surface area contributed by atoms with E-state index in [-0.39, 0.29) is 17.9 Å². The molecule has 0 radical (unpaired) electrons. The summed E-state index contributed by atoms with van der Waals surface area (Å²) in [4.78, 5) is 24.7. The molecule has 0 aromatic rings. The molecule has 1 heterocycles.